The summed E-state index contributed by atoms with van der Waals surface area (Å²) in [5.41, 5.74) is 1.24. The quantitative estimate of drug-likeness (QED) is 0.470. The summed E-state index contributed by atoms with van der Waals surface area (Å²) in [4.78, 5) is 47.6. The van der Waals surface area contributed by atoms with Crippen LogP contribution in [-0.2, 0) is 9.59 Å². The van der Waals surface area contributed by atoms with Gasteiger partial charge in [-0.15, -0.1) is 0 Å². The van der Waals surface area contributed by atoms with E-state index in [0.717, 1.165) is 27.5 Å². The third kappa shape index (κ3) is 6.40. The van der Waals surface area contributed by atoms with Gasteiger partial charge in [-0.05, 0) is 55.4 Å². The van der Waals surface area contributed by atoms with Gasteiger partial charge < -0.3 is 19.9 Å². The highest BCUT2D eigenvalue weighted by atomic mass is 32.2. The molecular weight excluding hydrogens is 520 g/mol. The van der Waals surface area contributed by atoms with Crippen molar-refractivity contribution in [3.63, 3.8) is 0 Å². The first-order valence-electron chi connectivity index (χ1n) is 12.9. The topological polar surface area (TPSA) is 91.8 Å². The number of hydrogen-bond acceptors (Lipinski definition) is 7. The number of hydrogen-bond donors (Lipinski definition) is 1. The molecule has 1 saturated carbocycles. The van der Waals surface area contributed by atoms with Crippen molar-refractivity contribution in [2.45, 2.75) is 62.1 Å². The molecule has 0 radical (unpaired) electrons. The molecule has 0 bridgehead atoms. The van der Waals surface area contributed by atoms with Crippen LogP contribution in [0.15, 0.2) is 40.1 Å². The molecule has 0 spiro atoms. The van der Waals surface area contributed by atoms with E-state index in [1.807, 2.05) is 28.9 Å². The summed E-state index contributed by atoms with van der Waals surface area (Å²) < 4.78 is 6.55. The zero-order valence-corrected chi connectivity index (χ0v) is 24.3. The summed E-state index contributed by atoms with van der Waals surface area (Å²) in [5.74, 6) is 0.444. The molecular formula is C28H36N4O4S2. The van der Waals surface area contributed by atoms with E-state index in [2.05, 4.69) is 37.7 Å². The molecule has 1 aromatic carbocycles. The molecule has 3 amide bonds. The highest BCUT2D eigenvalue weighted by Gasteiger charge is 2.37. The summed E-state index contributed by atoms with van der Waals surface area (Å²) in [6.07, 6.45) is 5.67. The molecule has 1 atom stereocenters. The fraction of sp³-hybridized carbons (Fsp3) is 0.500. The third-order valence-corrected chi connectivity index (χ3v) is 9.12. The van der Waals surface area contributed by atoms with Crippen molar-refractivity contribution in [3.05, 3.63) is 42.1 Å². The molecule has 1 aliphatic heterocycles. The standard InChI is InChI=1S/C28H36N4O4S2/c1-7-23(33)32-12-8-11-31(16-22(32)28(3,4)5)26(35)19-14-21(17(2)13-20(19)36-6)37-24-15-29-27(38-24)30-25(34)18-9-10-18/h7,13-15,18,22H,1,8-12,16H2,2-6H3,(H,29,30,34). The maximum absolute atomic E-state index is 13.9. The van der Waals surface area contributed by atoms with Crippen molar-refractivity contribution in [3.8, 4) is 5.75 Å². The molecule has 204 valence electrons. The van der Waals surface area contributed by atoms with Crippen molar-refractivity contribution >= 4 is 46.0 Å². The highest BCUT2D eigenvalue weighted by molar-refractivity contribution is 8.01. The average molecular weight is 557 g/mol. The number of nitrogens with zero attached hydrogens (tertiary/aromatic N) is 3. The molecule has 1 aromatic heterocycles. The number of anilines is 1. The van der Waals surface area contributed by atoms with Gasteiger partial charge in [0.05, 0.1) is 29.1 Å². The molecule has 1 unspecified atom stereocenters. The van der Waals surface area contributed by atoms with Gasteiger partial charge in [-0.1, -0.05) is 50.4 Å². The van der Waals surface area contributed by atoms with E-state index in [0.29, 0.717) is 42.5 Å². The van der Waals surface area contributed by atoms with Crippen LogP contribution in [0.5, 0.6) is 5.75 Å². The van der Waals surface area contributed by atoms with Crippen LogP contribution in [0.4, 0.5) is 5.13 Å². The van der Waals surface area contributed by atoms with E-state index in [9.17, 15) is 14.4 Å². The number of aryl methyl sites for hydroxylation is 1. The van der Waals surface area contributed by atoms with E-state index in [1.165, 1.54) is 29.2 Å². The summed E-state index contributed by atoms with van der Waals surface area (Å²) in [5, 5.41) is 3.48. The Morgan fingerprint density at radius 2 is 1.97 bits per heavy atom. The molecule has 8 nitrogen and oxygen atoms in total. The Labute approximate surface area is 232 Å². The molecule has 4 rings (SSSR count). The van der Waals surface area contributed by atoms with Gasteiger partial charge in [0, 0.05) is 30.4 Å². The fourth-order valence-electron chi connectivity index (χ4n) is 4.60. The van der Waals surface area contributed by atoms with Gasteiger partial charge in [0.15, 0.2) is 5.13 Å². The van der Waals surface area contributed by atoms with Crippen LogP contribution < -0.4 is 10.1 Å². The summed E-state index contributed by atoms with van der Waals surface area (Å²) >= 11 is 2.94. The zero-order valence-electron chi connectivity index (χ0n) is 22.7. The van der Waals surface area contributed by atoms with Crippen LogP contribution in [-0.4, -0.2) is 65.3 Å². The lowest BCUT2D eigenvalue weighted by Crippen LogP contribution is -2.51. The molecule has 1 N–H and O–H groups in total. The van der Waals surface area contributed by atoms with Crippen LogP contribution >= 0.6 is 23.1 Å². The number of ether oxygens (including phenoxy) is 1. The largest absolute Gasteiger partial charge is 0.496 e. The van der Waals surface area contributed by atoms with Gasteiger partial charge in [-0.25, -0.2) is 4.98 Å². The Balaban J connectivity index is 1.57. The highest BCUT2D eigenvalue weighted by Crippen LogP contribution is 2.39. The monoisotopic (exact) mass is 556 g/mol. The van der Waals surface area contributed by atoms with Crippen molar-refractivity contribution < 1.29 is 19.1 Å². The van der Waals surface area contributed by atoms with E-state index >= 15 is 0 Å². The Morgan fingerprint density at radius 3 is 2.61 bits per heavy atom. The van der Waals surface area contributed by atoms with Crippen LogP contribution in [0, 0.1) is 18.3 Å². The molecule has 2 heterocycles. The van der Waals surface area contributed by atoms with E-state index in [-0.39, 0.29) is 35.1 Å². The Kier molecular flexibility index (Phi) is 8.52. The molecule has 38 heavy (non-hydrogen) atoms. The minimum absolute atomic E-state index is 0.0313. The Bertz CT molecular complexity index is 1230. The van der Waals surface area contributed by atoms with Gasteiger partial charge in [-0.2, -0.15) is 0 Å². The van der Waals surface area contributed by atoms with Crippen molar-refractivity contribution in [2.24, 2.45) is 11.3 Å². The first-order chi connectivity index (χ1) is 18.0. The molecule has 2 fully saturated rings. The SMILES string of the molecule is C=CC(=O)N1CCCN(C(=O)c2cc(Sc3cnc(NC(=O)C4CC4)s3)c(C)cc2OC)CC1C(C)(C)C. The number of benzene rings is 1. The van der Waals surface area contributed by atoms with Crippen molar-refractivity contribution in [1.29, 1.82) is 0 Å². The minimum atomic E-state index is -0.223. The second-order valence-electron chi connectivity index (χ2n) is 10.9. The second-order valence-corrected chi connectivity index (χ2v) is 13.3. The fourth-order valence-corrected chi connectivity index (χ4v) is 6.54. The van der Waals surface area contributed by atoms with E-state index < -0.39 is 0 Å². The number of rotatable bonds is 7. The van der Waals surface area contributed by atoms with Gasteiger partial charge in [-0.3, -0.25) is 14.4 Å². The number of amides is 3. The number of nitrogens with one attached hydrogen (secondary N) is 1. The van der Waals surface area contributed by atoms with E-state index in [1.54, 1.807) is 13.3 Å². The maximum atomic E-state index is 13.9. The summed E-state index contributed by atoms with van der Waals surface area (Å²) in [6.45, 7) is 13.5. The Hall–Kier alpha value is -2.85. The Morgan fingerprint density at radius 1 is 1.24 bits per heavy atom. The minimum Gasteiger partial charge on any atom is -0.496 e. The predicted octanol–water partition coefficient (Wildman–Crippen LogP) is 5.24. The summed E-state index contributed by atoms with van der Waals surface area (Å²) in [6, 6.07) is 3.62. The smallest absolute Gasteiger partial charge is 0.257 e. The van der Waals surface area contributed by atoms with E-state index in [4.69, 9.17) is 4.74 Å². The lowest BCUT2D eigenvalue weighted by atomic mass is 9.85. The van der Waals surface area contributed by atoms with Gasteiger partial charge in [0.25, 0.3) is 5.91 Å². The number of methoxy groups -OCH3 is 1. The summed E-state index contributed by atoms with van der Waals surface area (Å²) in [7, 11) is 1.57. The first-order valence-corrected chi connectivity index (χ1v) is 14.5. The number of carbonyl (C=O) groups excluding carboxylic acids is 3. The van der Waals surface area contributed by atoms with Crippen LogP contribution in [0.2, 0.25) is 0 Å². The number of aromatic nitrogens is 1. The lowest BCUT2D eigenvalue weighted by molar-refractivity contribution is -0.130. The number of thiazole rings is 1. The zero-order chi connectivity index (χ0) is 27.6. The predicted molar refractivity (Wildman–Crippen MR) is 151 cm³/mol. The average Bonchev–Trinajstić information content (AvgIpc) is 3.67. The molecule has 10 heteroatoms. The van der Waals surface area contributed by atoms with Crippen LogP contribution in [0.1, 0.15) is 56.0 Å². The van der Waals surface area contributed by atoms with Crippen LogP contribution in [0.3, 0.4) is 0 Å². The van der Waals surface area contributed by atoms with Gasteiger partial charge in [0.1, 0.15) is 5.75 Å². The van der Waals surface area contributed by atoms with Gasteiger partial charge in [0.2, 0.25) is 11.8 Å². The second kappa shape index (κ2) is 11.5. The van der Waals surface area contributed by atoms with Gasteiger partial charge >= 0.3 is 0 Å². The normalized spacial score (nSPS) is 18.1. The van der Waals surface area contributed by atoms with Crippen molar-refractivity contribution in [1.82, 2.24) is 14.8 Å². The van der Waals surface area contributed by atoms with Crippen LogP contribution in [0.25, 0.3) is 0 Å². The first kappa shape index (κ1) is 28.2. The number of carbonyl (C=O) groups is 3. The molecule has 1 aliphatic carbocycles. The lowest BCUT2D eigenvalue weighted by Gasteiger charge is -2.40. The van der Waals surface area contributed by atoms with Crippen molar-refractivity contribution in [2.75, 3.05) is 32.1 Å². The molecule has 1 saturated heterocycles. The maximum Gasteiger partial charge on any atom is 0.257 e. The molecule has 2 aliphatic rings. The molecule has 2 aromatic rings. The third-order valence-electron chi connectivity index (χ3n) is 6.94.